The highest BCUT2D eigenvalue weighted by Gasteiger charge is 2.14. The highest BCUT2D eigenvalue weighted by molar-refractivity contribution is 5.55. The summed E-state index contributed by atoms with van der Waals surface area (Å²) in [5.41, 5.74) is 15.1. The van der Waals surface area contributed by atoms with Crippen LogP contribution in [-0.2, 0) is 0 Å². The fourth-order valence-electron chi connectivity index (χ4n) is 1.82. The minimum absolute atomic E-state index is 0.188. The van der Waals surface area contributed by atoms with Gasteiger partial charge in [-0.05, 0) is 30.2 Å². The van der Waals surface area contributed by atoms with Crippen LogP contribution in [0.2, 0.25) is 0 Å². The van der Waals surface area contributed by atoms with Crippen LogP contribution in [0.1, 0.15) is 22.7 Å². The van der Waals surface area contributed by atoms with E-state index >= 15 is 0 Å². The Kier molecular flexibility index (Phi) is 3.02. The molecule has 88 valence electrons. The molecule has 2 aromatic rings. The second kappa shape index (κ2) is 4.47. The number of aryl methyl sites for hydroxylation is 1. The van der Waals surface area contributed by atoms with Crippen LogP contribution in [0.3, 0.4) is 0 Å². The molecule has 0 amide bonds. The molecule has 0 heterocycles. The van der Waals surface area contributed by atoms with Crippen molar-refractivity contribution in [3.63, 3.8) is 0 Å². The monoisotopic (exact) mass is 228 g/mol. The van der Waals surface area contributed by atoms with Gasteiger partial charge in [-0.2, -0.15) is 0 Å². The zero-order valence-electron chi connectivity index (χ0n) is 9.72. The molecule has 0 aliphatic rings. The van der Waals surface area contributed by atoms with Gasteiger partial charge in [0.2, 0.25) is 0 Å². The fraction of sp³-hybridized carbons (Fsp3) is 0.143. The maximum absolute atomic E-state index is 9.91. The van der Waals surface area contributed by atoms with E-state index in [-0.39, 0.29) is 11.8 Å². The van der Waals surface area contributed by atoms with E-state index in [2.05, 4.69) is 0 Å². The number of aromatic hydroxyl groups is 1. The lowest BCUT2D eigenvalue weighted by molar-refractivity contribution is 0.465. The molecule has 2 rings (SSSR count). The predicted molar refractivity (Wildman–Crippen MR) is 69.7 cm³/mol. The van der Waals surface area contributed by atoms with Crippen molar-refractivity contribution in [3.05, 3.63) is 59.2 Å². The summed E-state index contributed by atoms with van der Waals surface area (Å²) in [6.07, 6.45) is 0. The highest BCUT2D eigenvalue weighted by atomic mass is 16.3. The Labute approximate surface area is 101 Å². The second-order valence-corrected chi connectivity index (χ2v) is 4.16. The van der Waals surface area contributed by atoms with Gasteiger partial charge in [-0.1, -0.05) is 30.3 Å². The molecular weight excluding hydrogens is 212 g/mol. The SMILES string of the molecule is Cc1cc(O)c(C(N)c2ccccc2)cc1N. The molecule has 17 heavy (non-hydrogen) atoms. The van der Waals surface area contributed by atoms with E-state index in [1.54, 1.807) is 12.1 Å². The first-order valence-corrected chi connectivity index (χ1v) is 5.49. The summed E-state index contributed by atoms with van der Waals surface area (Å²) in [6, 6.07) is 12.7. The quantitative estimate of drug-likeness (QED) is 0.545. The van der Waals surface area contributed by atoms with Gasteiger partial charge in [0.1, 0.15) is 5.75 Å². The van der Waals surface area contributed by atoms with Crippen LogP contribution in [0.25, 0.3) is 0 Å². The summed E-state index contributed by atoms with van der Waals surface area (Å²) in [5.74, 6) is 0.188. The molecule has 0 fully saturated rings. The molecular formula is C14H16N2O. The number of hydrogen-bond acceptors (Lipinski definition) is 3. The van der Waals surface area contributed by atoms with Gasteiger partial charge in [-0.25, -0.2) is 0 Å². The minimum Gasteiger partial charge on any atom is -0.508 e. The van der Waals surface area contributed by atoms with Crippen molar-refractivity contribution in [2.24, 2.45) is 5.73 Å². The lowest BCUT2D eigenvalue weighted by Gasteiger charge is -2.15. The summed E-state index contributed by atoms with van der Waals surface area (Å²) in [7, 11) is 0. The Bertz CT molecular complexity index is 523. The van der Waals surface area contributed by atoms with Crippen molar-refractivity contribution in [3.8, 4) is 5.75 Å². The average molecular weight is 228 g/mol. The molecule has 0 saturated heterocycles. The molecule has 0 aliphatic carbocycles. The van der Waals surface area contributed by atoms with Crippen molar-refractivity contribution >= 4 is 5.69 Å². The highest BCUT2D eigenvalue weighted by Crippen LogP contribution is 2.31. The topological polar surface area (TPSA) is 72.3 Å². The molecule has 2 aromatic carbocycles. The van der Waals surface area contributed by atoms with Crippen molar-refractivity contribution in [2.75, 3.05) is 5.73 Å². The molecule has 0 spiro atoms. The summed E-state index contributed by atoms with van der Waals surface area (Å²) < 4.78 is 0. The number of hydrogen-bond donors (Lipinski definition) is 3. The average Bonchev–Trinajstić information content (AvgIpc) is 2.34. The van der Waals surface area contributed by atoms with E-state index < -0.39 is 0 Å². The first-order valence-electron chi connectivity index (χ1n) is 5.49. The lowest BCUT2D eigenvalue weighted by Crippen LogP contribution is -2.12. The zero-order chi connectivity index (χ0) is 12.4. The molecule has 0 aliphatic heterocycles. The summed E-state index contributed by atoms with van der Waals surface area (Å²) >= 11 is 0. The molecule has 0 aromatic heterocycles. The van der Waals surface area contributed by atoms with Crippen LogP contribution in [-0.4, -0.2) is 5.11 Å². The largest absolute Gasteiger partial charge is 0.508 e. The van der Waals surface area contributed by atoms with Crippen LogP contribution >= 0.6 is 0 Å². The number of benzene rings is 2. The van der Waals surface area contributed by atoms with Crippen LogP contribution in [0.15, 0.2) is 42.5 Å². The van der Waals surface area contributed by atoms with Gasteiger partial charge in [0.25, 0.3) is 0 Å². The van der Waals surface area contributed by atoms with Gasteiger partial charge >= 0.3 is 0 Å². The lowest BCUT2D eigenvalue weighted by atomic mass is 9.97. The van der Waals surface area contributed by atoms with Crippen LogP contribution in [0, 0.1) is 6.92 Å². The second-order valence-electron chi connectivity index (χ2n) is 4.16. The molecule has 1 atom stereocenters. The summed E-state index contributed by atoms with van der Waals surface area (Å²) in [4.78, 5) is 0. The normalized spacial score (nSPS) is 12.4. The Balaban J connectivity index is 2.44. The first kappa shape index (κ1) is 11.5. The summed E-state index contributed by atoms with van der Waals surface area (Å²) in [6.45, 7) is 1.85. The smallest absolute Gasteiger partial charge is 0.121 e. The van der Waals surface area contributed by atoms with E-state index in [0.29, 0.717) is 11.3 Å². The molecule has 0 radical (unpaired) electrons. The minimum atomic E-state index is -0.362. The van der Waals surface area contributed by atoms with Crippen LogP contribution < -0.4 is 11.5 Å². The third-order valence-corrected chi connectivity index (χ3v) is 2.91. The predicted octanol–water partition coefficient (Wildman–Crippen LogP) is 2.33. The molecule has 0 saturated carbocycles. The van der Waals surface area contributed by atoms with Gasteiger partial charge in [0.15, 0.2) is 0 Å². The number of phenols is 1. The Morgan fingerprint density at radius 2 is 1.76 bits per heavy atom. The van der Waals surface area contributed by atoms with E-state index in [4.69, 9.17) is 11.5 Å². The van der Waals surface area contributed by atoms with Gasteiger partial charge in [0.05, 0.1) is 6.04 Å². The van der Waals surface area contributed by atoms with Crippen LogP contribution in [0.5, 0.6) is 5.75 Å². The van der Waals surface area contributed by atoms with E-state index in [9.17, 15) is 5.11 Å². The van der Waals surface area contributed by atoms with Crippen molar-refractivity contribution in [1.82, 2.24) is 0 Å². The molecule has 0 bridgehead atoms. The first-order chi connectivity index (χ1) is 8.09. The molecule has 3 heteroatoms. The van der Waals surface area contributed by atoms with Gasteiger partial charge in [-0.15, -0.1) is 0 Å². The Hall–Kier alpha value is -2.00. The van der Waals surface area contributed by atoms with Crippen LogP contribution in [0.4, 0.5) is 5.69 Å². The number of rotatable bonds is 2. The Morgan fingerprint density at radius 1 is 1.12 bits per heavy atom. The third kappa shape index (κ3) is 2.24. The van der Waals surface area contributed by atoms with Gasteiger partial charge < -0.3 is 16.6 Å². The van der Waals surface area contributed by atoms with E-state index in [0.717, 1.165) is 11.1 Å². The van der Waals surface area contributed by atoms with E-state index in [1.807, 2.05) is 37.3 Å². The van der Waals surface area contributed by atoms with Gasteiger partial charge in [-0.3, -0.25) is 0 Å². The van der Waals surface area contributed by atoms with Crippen molar-refractivity contribution in [2.45, 2.75) is 13.0 Å². The van der Waals surface area contributed by atoms with Crippen molar-refractivity contribution in [1.29, 1.82) is 0 Å². The maximum atomic E-state index is 9.91. The maximum Gasteiger partial charge on any atom is 0.121 e. The van der Waals surface area contributed by atoms with Crippen molar-refractivity contribution < 1.29 is 5.11 Å². The molecule has 5 N–H and O–H groups in total. The summed E-state index contributed by atoms with van der Waals surface area (Å²) in [5, 5.41) is 9.91. The Morgan fingerprint density at radius 3 is 2.41 bits per heavy atom. The molecule has 3 nitrogen and oxygen atoms in total. The number of nitrogen functional groups attached to an aromatic ring is 1. The standard InChI is InChI=1S/C14H16N2O/c1-9-7-13(17)11(8-12(9)15)14(16)10-5-3-2-4-6-10/h2-8,14,17H,15-16H2,1H3. The fourth-order valence-corrected chi connectivity index (χ4v) is 1.82. The molecule has 1 unspecified atom stereocenters. The van der Waals surface area contributed by atoms with Gasteiger partial charge in [0, 0.05) is 11.3 Å². The number of anilines is 1. The number of nitrogens with two attached hydrogens (primary N) is 2. The van der Waals surface area contributed by atoms with E-state index in [1.165, 1.54) is 0 Å². The zero-order valence-corrected chi connectivity index (χ0v) is 9.72. The third-order valence-electron chi connectivity index (χ3n) is 2.91. The number of phenolic OH excluding ortho intramolecular Hbond substituents is 1.